The van der Waals surface area contributed by atoms with E-state index >= 15 is 0 Å². The number of nitrogens with one attached hydrogen (secondary N) is 1. The van der Waals surface area contributed by atoms with Gasteiger partial charge in [-0.2, -0.15) is 0 Å². The van der Waals surface area contributed by atoms with E-state index in [9.17, 15) is 0 Å². The maximum absolute atomic E-state index is 5.36. The summed E-state index contributed by atoms with van der Waals surface area (Å²) < 4.78 is 12.4. The number of hydrogen-bond donors (Lipinski definition) is 1. The van der Waals surface area contributed by atoms with Gasteiger partial charge >= 0.3 is 0 Å². The van der Waals surface area contributed by atoms with E-state index in [1.807, 2.05) is 19.2 Å². The van der Waals surface area contributed by atoms with Gasteiger partial charge in [-0.05, 0) is 19.1 Å². The van der Waals surface area contributed by atoms with Gasteiger partial charge in [0, 0.05) is 38.7 Å². The highest BCUT2D eigenvalue weighted by molar-refractivity contribution is 5.06. The summed E-state index contributed by atoms with van der Waals surface area (Å²) in [7, 11) is 1.71. The van der Waals surface area contributed by atoms with Gasteiger partial charge in [-0.3, -0.25) is 0 Å². The van der Waals surface area contributed by atoms with E-state index in [2.05, 4.69) is 16.0 Å². The fourth-order valence-corrected chi connectivity index (χ4v) is 1.32. The number of nitrogens with zero attached hydrogens (tertiary/aromatic N) is 1. The number of aromatic nitrogens is 1. The average molecular weight is 212 g/mol. The zero-order chi connectivity index (χ0) is 10.9. The van der Waals surface area contributed by atoms with Gasteiger partial charge in [0.05, 0.1) is 6.61 Å². The Morgan fingerprint density at radius 3 is 3.07 bits per heavy atom. The van der Waals surface area contributed by atoms with Gasteiger partial charge in [0.1, 0.15) is 6.73 Å². The third-order valence-corrected chi connectivity index (χ3v) is 2.15. The van der Waals surface area contributed by atoms with E-state index in [0.717, 1.165) is 26.3 Å². The lowest BCUT2D eigenvalue weighted by molar-refractivity contribution is 0.0859. The molecule has 86 valence electrons. The largest absolute Gasteiger partial charge is 0.383 e. The molecule has 0 radical (unpaired) electrons. The number of methoxy groups -OCH3 is 1. The van der Waals surface area contributed by atoms with Crippen LogP contribution in [0.5, 0.6) is 0 Å². The molecule has 0 spiro atoms. The minimum absolute atomic E-state index is 0.630. The highest BCUT2D eigenvalue weighted by atomic mass is 16.5. The van der Waals surface area contributed by atoms with Gasteiger partial charge in [0.2, 0.25) is 0 Å². The molecular formula is C11H20N2O2. The molecule has 0 amide bonds. The summed E-state index contributed by atoms with van der Waals surface area (Å²) in [4.78, 5) is 0. The number of ether oxygens (including phenoxy) is 2. The van der Waals surface area contributed by atoms with E-state index in [-0.39, 0.29) is 0 Å². The second-order valence-electron chi connectivity index (χ2n) is 3.26. The van der Waals surface area contributed by atoms with Crippen molar-refractivity contribution in [2.45, 2.75) is 20.2 Å². The zero-order valence-corrected chi connectivity index (χ0v) is 9.53. The minimum atomic E-state index is 0.630. The predicted molar refractivity (Wildman–Crippen MR) is 59.6 cm³/mol. The summed E-state index contributed by atoms with van der Waals surface area (Å²) in [6.07, 6.45) is 2.03. The van der Waals surface area contributed by atoms with Crippen molar-refractivity contribution in [2.75, 3.05) is 26.9 Å². The van der Waals surface area contributed by atoms with Gasteiger partial charge in [0.25, 0.3) is 0 Å². The second-order valence-corrected chi connectivity index (χ2v) is 3.26. The highest BCUT2D eigenvalue weighted by Crippen LogP contribution is 2.02. The zero-order valence-electron chi connectivity index (χ0n) is 9.53. The second kappa shape index (κ2) is 7.45. The molecule has 1 rings (SSSR count). The van der Waals surface area contributed by atoms with Crippen molar-refractivity contribution in [3.05, 3.63) is 24.0 Å². The Morgan fingerprint density at radius 1 is 1.47 bits per heavy atom. The molecule has 0 saturated heterocycles. The van der Waals surface area contributed by atoms with Crippen LogP contribution in [0, 0.1) is 0 Å². The standard InChI is InChI=1S/C11H20N2O2/c1-3-15-10-13-7-4-5-11(13)9-12-6-8-14-2/h4-5,7,12H,3,6,8-10H2,1-2H3. The third-order valence-electron chi connectivity index (χ3n) is 2.15. The first-order chi connectivity index (χ1) is 7.38. The Balaban J connectivity index is 2.29. The van der Waals surface area contributed by atoms with Crippen LogP contribution in [-0.2, 0) is 22.7 Å². The molecule has 1 heterocycles. The molecule has 0 bridgehead atoms. The molecule has 0 atom stereocenters. The normalized spacial score (nSPS) is 10.8. The van der Waals surface area contributed by atoms with Crippen LogP contribution in [0.4, 0.5) is 0 Å². The lowest BCUT2D eigenvalue weighted by atomic mass is 10.4. The Morgan fingerprint density at radius 2 is 2.33 bits per heavy atom. The van der Waals surface area contributed by atoms with Crippen molar-refractivity contribution in [3.8, 4) is 0 Å². The number of rotatable bonds is 8. The average Bonchev–Trinajstić information content (AvgIpc) is 2.69. The molecule has 0 saturated carbocycles. The molecule has 0 aliphatic heterocycles. The van der Waals surface area contributed by atoms with Crippen molar-refractivity contribution in [1.29, 1.82) is 0 Å². The van der Waals surface area contributed by atoms with E-state index in [1.165, 1.54) is 5.69 Å². The molecule has 0 aliphatic rings. The maximum atomic E-state index is 5.36. The first-order valence-electron chi connectivity index (χ1n) is 5.30. The smallest absolute Gasteiger partial charge is 0.122 e. The molecule has 1 aromatic rings. The topological polar surface area (TPSA) is 35.4 Å². The third kappa shape index (κ3) is 4.46. The van der Waals surface area contributed by atoms with Gasteiger partial charge in [-0.1, -0.05) is 0 Å². The SMILES string of the molecule is CCOCn1cccc1CNCCOC. The molecule has 1 aromatic heterocycles. The lowest BCUT2D eigenvalue weighted by Gasteiger charge is -2.09. The monoisotopic (exact) mass is 212 g/mol. The lowest BCUT2D eigenvalue weighted by Crippen LogP contribution is -2.20. The predicted octanol–water partition coefficient (Wildman–Crippen LogP) is 1.22. The van der Waals surface area contributed by atoms with Crippen LogP contribution < -0.4 is 5.32 Å². The summed E-state index contributed by atoms with van der Waals surface area (Å²) in [5.74, 6) is 0. The molecule has 4 nitrogen and oxygen atoms in total. The van der Waals surface area contributed by atoms with Crippen molar-refractivity contribution >= 4 is 0 Å². The van der Waals surface area contributed by atoms with Crippen LogP contribution in [-0.4, -0.2) is 31.4 Å². The van der Waals surface area contributed by atoms with Crippen LogP contribution in [0.2, 0.25) is 0 Å². The van der Waals surface area contributed by atoms with Crippen LogP contribution in [0.1, 0.15) is 12.6 Å². The van der Waals surface area contributed by atoms with E-state index < -0.39 is 0 Å². The van der Waals surface area contributed by atoms with Gasteiger partial charge in [-0.15, -0.1) is 0 Å². The molecule has 0 aliphatic carbocycles. The number of hydrogen-bond acceptors (Lipinski definition) is 3. The molecule has 4 heteroatoms. The van der Waals surface area contributed by atoms with E-state index in [0.29, 0.717) is 6.73 Å². The first-order valence-corrected chi connectivity index (χ1v) is 5.30. The van der Waals surface area contributed by atoms with Crippen molar-refractivity contribution in [1.82, 2.24) is 9.88 Å². The Bertz CT molecular complexity index is 261. The van der Waals surface area contributed by atoms with Crippen LogP contribution in [0.3, 0.4) is 0 Å². The minimum Gasteiger partial charge on any atom is -0.383 e. The van der Waals surface area contributed by atoms with Gasteiger partial charge in [0.15, 0.2) is 0 Å². The van der Waals surface area contributed by atoms with Crippen molar-refractivity contribution in [2.24, 2.45) is 0 Å². The highest BCUT2D eigenvalue weighted by Gasteiger charge is 1.99. The van der Waals surface area contributed by atoms with Gasteiger partial charge < -0.3 is 19.4 Å². The fourth-order valence-electron chi connectivity index (χ4n) is 1.32. The first kappa shape index (κ1) is 12.2. The van der Waals surface area contributed by atoms with Crippen molar-refractivity contribution in [3.63, 3.8) is 0 Å². The van der Waals surface area contributed by atoms with E-state index in [1.54, 1.807) is 7.11 Å². The molecule has 0 unspecified atom stereocenters. The molecule has 0 aromatic carbocycles. The summed E-state index contributed by atoms with van der Waals surface area (Å²) in [5, 5.41) is 3.30. The molecule has 1 N–H and O–H groups in total. The van der Waals surface area contributed by atoms with Gasteiger partial charge in [-0.25, -0.2) is 0 Å². The summed E-state index contributed by atoms with van der Waals surface area (Å²) in [6.45, 7) is 5.84. The summed E-state index contributed by atoms with van der Waals surface area (Å²) in [6, 6.07) is 4.13. The molecule has 15 heavy (non-hydrogen) atoms. The van der Waals surface area contributed by atoms with Crippen LogP contribution in [0.25, 0.3) is 0 Å². The Labute approximate surface area is 91.2 Å². The summed E-state index contributed by atoms with van der Waals surface area (Å²) >= 11 is 0. The fraction of sp³-hybridized carbons (Fsp3) is 0.636. The molecular weight excluding hydrogens is 192 g/mol. The maximum Gasteiger partial charge on any atom is 0.122 e. The van der Waals surface area contributed by atoms with Crippen LogP contribution in [0.15, 0.2) is 18.3 Å². The van der Waals surface area contributed by atoms with Crippen LogP contribution >= 0.6 is 0 Å². The molecule has 0 fully saturated rings. The summed E-state index contributed by atoms with van der Waals surface area (Å²) in [5.41, 5.74) is 1.24. The quantitative estimate of drug-likeness (QED) is 0.658. The van der Waals surface area contributed by atoms with E-state index in [4.69, 9.17) is 9.47 Å². The Hall–Kier alpha value is -0.840. The Kier molecular flexibility index (Phi) is 6.08. The van der Waals surface area contributed by atoms with Crippen molar-refractivity contribution < 1.29 is 9.47 Å².